The van der Waals surface area contributed by atoms with E-state index in [4.69, 9.17) is 23.2 Å². The van der Waals surface area contributed by atoms with Crippen LogP contribution in [0.1, 0.15) is 34.1 Å². The van der Waals surface area contributed by atoms with Crippen LogP contribution >= 0.6 is 35.0 Å². The number of amides is 2. The molecule has 28 heavy (non-hydrogen) atoms. The number of halogens is 2. The first-order valence-corrected chi connectivity index (χ1v) is 10.5. The second-order valence-corrected chi connectivity index (χ2v) is 10.0. The molecule has 2 amide bonds. The molecule has 0 saturated heterocycles. The molecule has 2 rings (SSSR count). The van der Waals surface area contributed by atoms with Gasteiger partial charge in [0.05, 0.1) is 5.25 Å². The first kappa shape index (κ1) is 22.6. The monoisotopic (exact) mass is 438 g/mol. The molecule has 150 valence electrons. The lowest BCUT2D eigenvalue weighted by Crippen LogP contribution is -2.22. The molecule has 1 atom stereocenters. The van der Waals surface area contributed by atoms with Crippen molar-refractivity contribution in [1.29, 1.82) is 0 Å². The van der Waals surface area contributed by atoms with Gasteiger partial charge in [-0.2, -0.15) is 0 Å². The minimum atomic E-state index is -0.320. The van der Waals surface area contributed by atoms with Crippen molar-refractivity contribution in [3.8, 4) is 0 Å². The van der Waals surface area contributed by atoms with Crippen LogP contribution in [0.2, 0.25) is 10.0 Å². The van der Waals surface area contributed by atoms with Crippen molar-refractivity contribution in [3.05, 3.63) is 52.5 Å². The zero-order valence-electron chi connectivity index (χ0n) is 16.3. The van der Waals surface area contributed by atoms with Crippen LogP contribution < -0.4 is 10.6 Å². The van der Waals surface area contributed by atoms with Crippen molar-refractivity contribution in [2.45, 2.75) is 44.3 Å². The zero-order valence-corrected chi connectivity index (χ0v) is 18.6. The summed E-state index contributed by atoms with van der Waals surface area (Å²) < 4.78 is 0. The summed E-state index contributed by atoms with van der Waals surface area (Å²) in [7, 11) is 0. The predicted octanol–water partition coefficient (Wildman–Crippen LogP) is 6.49. The number of hydrogen-bond donors (Lipinski definition) is 2. The molecule has 2 aromatic rings. The highest BCUT2D eigenvalue weighted by Gasteiger charge is 2.17. The molecule has 1 unspecified atom stereocenters. The zero-order chi connectivity index (χ0) is 20.9. The van der Waals surface area contributed by atoms with E-state index in [1.165, 1.54) is 11.8 Å². The van der Waals surface area contributed by atoms with E-state index in [1.807, 2.05) is 52.0 Å². The van der Waals surface area contributed by atoms with E-state index < -0.39 is 0 Å². The summed E-state index contributed by atoms with van der Waals surface area (Å²) in [4.78, 5) is 25.4. The first-order chi connectivity index (χ1) is 13.0. The molecule has 4 nitrogen and oxygen atoms in total. The van der Waals surface area contributed by atoms with Gasteiger partial charge in [-0.3, -0.25) is 9.59 Å². The van der Waals surface area contributed by atoms with Crippen LogP contribution in [-0.2, 0) is 9.59 Å². The van der Waals surface area contributed by atoms with Gasteiger partial charge in [-0.1, -0.05) is 44.0 Å². The van der Waals surface area contributed by atoms with E-state index in [0.29, 0.717) is 22.2 Å². The van der Waals surface area contributed by atoms with Crippen LogP contribution in [0.5, 0.6) is 0 Å². The van der Waals surface area contributed by atoms with Crippen molar-refractivity contribution in [2.24, 2.45) is 5.41 Å². The summed E-state index contributed by atoms with van der Waals surface area (Å²) in [5.41, 5.74) is 1.24. The second kappa shape index (κ2) is 9.68. The Morgan fingerprint density at radius 3 is 2.07 bits per heavy atom. The van der Waals surface area contributed by atoms with Gasteiger partial charge >= 0.3 is 0 Å². The summed E-state index contributed by atoms with van der Waals surface area (Å²) in [5.74, 6) is -0.160. The van der Waals surface area contributed by atoms with E-state index in [2.05, 4.69) is 10.6 Å². The topological polar surface area (TPSA) is 58.2 Å². The highest BCUT2D eigenvalue weighted by atomic mass is 35.5. The Kier molecular flexibility index (Phi) is 7.81. The highest BCUT2D eigenvalue weighted by Crippen LogP contribution is 2.27. The van der Waals surface area contributed by atoms with Crippen LogP contribution in [0, 0.1) is 5.41 Å². The fourth-order valence-electron chi connectivity index (χ4n) is 2.43. The van der Waals surface area contributed by atoms with Gasteiger partial charge in [0.1, 0.15) is 0 Å². The minimum absolute atomic E-state index is 0.0131. The van der Waals surface area contributed by atoms with Gasteiger partial charge in [-0.25, -0.2) is 0 Å². The van der Waals surface area contributed by atoms with Gasteiger partial charge < -0.3 is 10.6 Å². The lowest BCUT2D eigenvalue weighted by Gasteiger charge is -2.17. The fraction of sp³-hybridized carbons (Fsp3) is 0.333. The van der Waals surface area contributed by atoms with Crippen molar-refractivity contribution < 1.29 is 9.59 Å². The van der Waals surface area contributed by atoms with Crippen molar-refractivity contribution in [3.63, 3.8) is 0 Å². The van der Waals surface area contributed by atoms with Crippen LogP contribution in [0.15, 0.2) is 47.4 Å². The molecular weight excluding hydrogens is 415 g/mol. The molecule has 2 aromatic carbocycles. The van der Waals surface area contributed by atoms with Gasteiger partial charge in [0.15, 0.2) is 0 Å². The van der Waals surface area contributed by atoms with E-state index in [9.17, 15) is 9.59 Å². The fourth-order valence-corrected chi connectivity index (χ4v) is 3.82. The number of benzene rings is 2. The number of rotatable bonds is 6. The van der Waals surface area contributed by atoms with E-state index in [-0.39, 0.29) is 22.5 Å². The Morgan fingerprint density at radius 2 is 1.54 bits per heavy atom. The number of nitrogens with one attached hydrogen (secondary N) is 2. The molecule has 0 aliphatic heterocycles. The van der Waals surface area contributed by atoms with Gasteiger partial charge in [0.25, 0.3) is 0 Å². The lowest BCUT2D eigenvalue weighted by atomic mass is 9.92. The molecule has 0 bridgehead atoms. The molecule has 2 N–H and O–H groups in total. The summed E-state index contributed by atoms with van der Waals surface area (Å²) in [6, 6.07) is 12.4. The Hall–Kier alpha value is -1.69. The number of carbonyl (C=O) groups excluding carboxylic acids is 2. The number of carbonyl (C=O) groups is 2. The molecule has 0 aromatic heterocycles. The second-order valence-electron chi connectivity index (χ2n) is 7.72. The molecule has 0 fully saturated rings. The smallest absolute Gasteiger partial charge is 0.237 e. The van der Waals surface area contributed by atoms with E-state index in [1.54, 1.807) is 18.2 Å². The standard InChI is InChI=1S/C21H24Cl2N2O2S/c1-13(20(27)25-17-10-14(22)9-15(23)11-17)28-18-7-5-16(6-8-18)24-19(26)12-21(2,3)4/h5-11,13H,12H2,1-4H3,(H,24,26)(H,25,27). The van der Waals surface area contributed by atoms with Crippen LogP contribution in [0.25, 0.3) is 0 Å². The largest absolute Gasteiger partial charge is 0.326 e. The molecule has 0 aliphatic rings. The summed E-state index contributed by atoms with van der Waals surface area (Å²) in [6.45, 7) is 7.90. The maximum Gasteiger partial charge on any atom is 0.237 e. The Labute approximate surface area is 180 Å². The molecule has 0 aliphatic carbocycles. The lowest BCUT2D eigenvalue weighted by molar-refractivity contribution is -0.118. The summed E-state index contributed by atoms with van der Waals surface area (Å²) in [5, 5.41) is 6.32. The molecule has 0 heterocycles. The summed E-state index contributed by atoms with van der Waals surface area (Å²) >= 11 is 13.3. The van der Waals surface area contributed by atoms with Gasteiger partial charge in [-0.05, 0) is 54.8 Å². The maximum atomic E-state index is 12.4. The average Bonchev–Trinajstić information content (AvgIpc) is 2.53. The Balaban J connectivity index is 1.92. The SMILES string of the molecule is CC(Sc1ccc(NC(=O)CC(C)(C)C)cc1)C(=O)Nc1cc(Cl)cc(Cl)c1. The quantitative estimate of drug-likeness (QED) is 0.506. The van der Waals surface area contributed by atoms with Crippen molar-refractivity contribution in [1.82, 2.24) is 0 Å². The predicted molar refractivity (Wildman–Crippen MR) is 120 cm³/mol. The number of hydrogen-bond acceptors (Lipinski definition) is 3. The molecule has 7 heteroatoms. The van der Waals surface area contributed by atoms with Gasteiger partial charge in [0.2, 0.25) is 11.8 Å². The summed E-state index contributed by atoms with van der Waals surface area (Å²) in [6.07, 6.45) is 0.453. The molecule has 0 radical (unpaired) electrons. The van der Waals surface area contributed by atoms with Crippen molar-refractivity contribution in [2.75, 3.05) is 10.6 Å². The third-order valence-electron chi connectivity index (χ3n) is 3.64. The first-order valence-electron chi connectivity index (χ1n) is 8.85. The normalized spacial score (nSPS) is 12.4. The van der Waals surface area contributed by atoms with Crippen LogP contribution in [-0.4, -0.2) is 17.1 Å². The van der Waals surface area contributed by atoms with Crippen molar-refractivity contribution >= 4 is 58.2 Å². The van der Waals surface area contributed by atoms with E-state index in [0.717, 1.165) is 10.6 Å². The Morgan fingerprint density at radius 1 is 0.964 bits per heavy atom. The molecule has 0 spiro atoms. The highest BCUT2D eigenvalue weighted by molar-refractivity contribution is 8.00. The minimum Gasteiger partial charge on any atom is -0.326 e. The van der Waals surface area contributed by atoms with Crippen LogP contribution in [0.3, 0.4) is 0 Å². The third kappa shape index (κ3) is 7.74. The molecular formula is C21H24Cl2N2O2S. The van der Waals surface area contributed by atoms with Crippen LogP contribution in [0.4, 0.5) is 11.4 Å². The van der Waals surface area contributed by atoms with E-state index >= 15 is 0 Å². The molecule has 0 saturated carbocycles. The number of anilines is 2. The van der Waals surface area contributed by atoms with Gasteiger partial charge in [0, 0.05) is 32.7 Å². The maximum absolute atomic E-state index is 12.4. The average molecular weight is 439 g/mol. The van der Waals surface area contributed by atoms with Gasteiger partial charge in [-0.15, -0.1) is 11.8 Å². The Bertz CT molecular complexity index is 828. The number of thioether (sulfide) groups is 1. The third-order valence-corrected chi connectivity index (χ3v) is 5.19.